The lowest BCUT2D eigenvalue weighted by atomic mass is 9.98. The Morgan fingerprint density at radius 2 is 1.00 bits per heavy atom. The van der Waals surface area contributed by atoms with Crippen molar-refractivity contribution in [1.29, 1.82) is 0 Å². The quantitative estimate of drug-likeness (QED) is 0.202. The summed E-state index contributed by atoms with van der Waals surface area (Å²) < 4.78 is 5.83. The molecule has 0 radical (unpaired) electrons. The van der Waals surface area contributed by atoms with Gasteiger partial charge < -0.3 is 9.13 Å². The normalized spacial score (nSPS) is 11.7. The summed E-state index contributed by atoms with van der Waals surface area (Å²) in [7, 11) is 0. The molecule has 0 saturated carbocycles. The van der Waals surface area contributed by atoms with Crippen LogP contribution in [0.15, 0.2) is 144 Å². The fourth-order valence-corrected chi connectivity index (χ4v) is 6.39. The smallest absolute Gasteiger partial charge is 0.0547 e. The average molecular weight is 563 g/mol. The summed E-state index contributed by atoms with van der Waals surface area (Å²) in [4.78, 5) is 0. The third-order valence-corrected chi connectivity index (χ3v) is 8.31. The molecule has 3 heteroatoms. The van der Waals surface area contributed by atoms with Gasteiger partial charge in [0.15, 0.2) is 0 Å². The van der Waals surface area contributed by atoms with E-state index in [1.165, 1.54) is 60.4 Å². The van der Waals surface area contributed by atoms with Gasteiger partial charge in [-0.05, 0) is 77.9 Å². The highest BCUT2D eigenvalue weighted by molar-refractivity contribution is 9.10. The van der Waals surface area contributed by atoms with Gasteiger partial charge in [-0.15, -0.1) is 0 Å². The second-order valence-electron chi connectivity index (χ2n) is 9.95. The monoisotopic (exact) mass is 562 g/mol. The first-order valence-corrected chi connectivity index (χ1v) is 13.9. The molecular formula is C36H23BrN2. The van der Waals surface area contributed by atoms with Crippen LogP contribution in [-0.2, 0) is 0 Å². The van der Waals surface area contributed by atoms with Crippen LogP contribution in [0.3, 0.4) is 0 Å². The van der Waals surface area contributed by atoms with Crippen LogP contribution in [0.25, 0.3) is 66.1 Å². The first kappa shape index (κ1) is 22.4. The van der Waals surface area contributed by atoms with Crippen molar-refractivity contribution < 1.29 is 0 Å². The van der Waals surface area contributed by atoms with E-state index in [0.717, 1.165) is 10.2 Å². The number of nitrogens with zero attached hydrogens (tertiary/aromatic N) is 2. The van der Waals surface area contributed by atoms with Crippen molar-refractivity contribution in [1.82, 2.24) is 9.13 Å². The van der Waals surface area contributed by atoms with Gasteiger partial charge in [0, 0.05) is 37.4 Å². The predicted molar refractivity (Wildman–Crippen MR) is 168 cm³/mol. The summed E-state index contributed by atoms with van der Waals surface area (Å²) >= 11 is 3.59. The molecule has 2 heterocycles. The van der Waals surface area contributed by atoms with E-state index in [1.54, 1.807) is 0 Å². The third-order valence-electron chi connectivity index (χ3n) is 7.78. The molecule has 2 aromatic heterocycles. The Kier molecular flexibility index (Phi) is 5.01. The second-order valence-corrected chi connectivity index (χ2v) is 10.9. The van der Waals surface area contributed by atoms with E-state index in [4.69, 9.17) is 0 Å². The fourth-order valence-electron chi connectivity index (χ4n) is 6.12. The van der Waals surface area contributed by atoms with Crippen LogP contribution < -0.4 is 0 Å². The van der Waals surface area contributed by atoms with Gasteiger partial charge in [-0.25, -0.2) is 0 Å². The predicted octanol–water partition coefficient (Wildman–Crippen LogP) is 10.3. The van der Waals surface area contributed by atoms with Crippen LogP contribution in [0, 0.1) is 0 Å². The lowest BCUT2D eigenvalue weighted by Gasteiger charge is -2.10. The largest absolute Gasteiger partial charge is 0.309 e. The van der Waals surface area contributed by atoms with E-state index < -0.39 is 0 Å². The zero-order chi connectivity index (χ0) is 25.9. The molecule has 0 saturated heterocycles. The Morgan fingerprint density at radius 1 is 0.410 bits per heavy atom. The van der Waals surface area contributed by atoms with E-state index in [1.807, 2.05) is 0 Å². The molecule has 0 amide bonds. The van der Waals surface area contributed by atoms with Crippen molar-refractivity contribution in [3.05, 3.63) is 144 Å². The average Bonchev–Trinajstić information content (AvgIpc) is 3.51. The minimum Gasteiger partial charge on any atom is -0.309 e. The molecule has 0 unspecified atom stereocenters. The minimum atomic E-state index is 1.08. The third kappa shape index (κ3) is 3.40. The van der Waals surface area contributed by atoms with Crippen LogP contribution in [0.4, 0.5) is 0 Å². The highest BCUT2D eigenvalue weighted by atomic mass is 79.9. The molecule has 0 aliphatic rings. The number of aromatic nitrogens is 2. The summed E-state index contributed by atoms with van der Waals surface area (Å²) in [5.74, 6) is 0. The van der Waals surface area contributed by atoms with Gasteiger partial charge in [0.2, 0.25) is 0 Å². The molecule has 8 aromatic rings. The molecule has 2 nitrogen and oxygen atoms in total. The lowest BCUT2D eigenvalue weighted by Crippen LogP contribution is -1.93. The van der Waals surface area contributed by atoms with Gasteiger partial charge in [-0.3, -0.25) is 0 Å². The maximum atomic E-state index is 3.59. The molecule has 0 aliphatic heterocycles. The topological polar surface area (TPSA) is 9.86 Å². The molecule has 0 atom stereocenters. The molecular weight excluding hydrogens is 540 g/mol. The minimum absolute atomic E-state index is 1.08. The molecule has 6 aromatic carbocycles. The first-order chi connectivity index (χ1) is 19.3. The van der Waals surface area contributed by atoms with Crippen LogP contribution in [0.5, 0.6) is 0 Å². The number of benzene rings is 6. The van der Waals surface area contributed by atoms with Crippen molar-refractivity contribution in [2.75, 3.05) is 0 Å². The number of rotatable bonds is 3. The van der Waals surface area contributed by atoms with Crippen LogP contribution in [0.1, 0.15) is 0 Å². The first-order valence-electron chi connectivity index (χ1n) is 13.1. The molecule has 0 fully saturated rings. The highest BCUT2D eigenvalue weighted by Gasteiger charge is 2.17. The maximum absolute atomic E-state index is 3.59. The van der Waals surface area contributed by atoms with E-state index in [0.29, 0.717) is 0 Å². The molecule has 39 heavy (non-hydrogen) atoms. The zero-order valence-electron chi connectivity index (χ0n) is 21.1. The summed E-state index contributed by atoms with van der Waals surface area (Å²) in [5, 5.41) is 5.07. The van der Waals surface area contributed by atoms with Gasteiger partial charge in [0.05, 0.1) is 22.1 Å². The van der Waals surface area contributed by atoms with E-state index >= 15 is 0 Å². The molecule has 0 spiro atoms. The van der Waals surface area contributed by atoms with Crippen molar-refractivity contribution in [3.8, 4) is 22.5 Å². The number of para-hydroxylation sites is 3. The summed E-state index contributed by atoms with van der Waals surface area (Å²) in [6.07, 6.45) is 0. The Morgan fingerprint density at radius 3 is 1.79 bits per heavy atom. The number of halogens is 1. The lowest BCUT2D eigenvalue weighted by molar-refractivity contribution is 1.18. The van der Waals surface area contributed by atoms with Gasteiger partial charge >= 0.3 is 0 Å². The standard InChI is InChI=1S/C36H23BrN2/c37-25-18-20-27(21-19-25)38-32-14-6-4-11-29(32)31-23-24(17-22-34(31)38)28-13-8-16-35-36(28)30-12-5-7-15-33(30)39(35)26-9-2-1-3-10-26/h1-23H. The Labute approximate surface area is 234 Å². The SMILES string of the molecule is Brc1ccc(-n2c3ccccc3c3cc(-c4cccc5c4c4ccccc4n5-c4ccccc4)ccc32)cc1. The van der Waals surface area contributed by atoms with Crippen molar-refractivity contribution in [2.24, 2.45) is 0 Å². The Bertz CT molecular complexity index is 2170. The Hall–Kier alpha value is -4.60. The van der Waals surface area contributed by atoms with Crippen molar-refractivity contribution >= 4 is 59.5 Å². The fraction of sp³-hybridized carbons (Fsp3) is 0. The number of hydrogen-bond acceptors (Lipinski definition) is 0. The van der Waals surface area contributed by atoms with Crippen LogP contribution in [0.2, 0.25) is 0 Å². The van der Waals surface area contributed by atoms with Gasteiger partial charge in [-0.1, -0.05) is 88.7 Å². The summed E-state index contributed by atoms with van der Waals surface area (Å²) in [6, 6.07) is 50.3. The van der Waals surface area contributed by atoms with Gasteiger partial charge in [-0.2, -0.15) is 0 Å². The van der Waals surface area contributed by atoms with Crippen molar-refractivity contribution in [3.63, 3.8) is 0 Å². The van der Waals surface area contributed by atoms with Crippen LogP contribution >= 0.6 is 15.9 Å². The molecule has 8 rings (SSSR count). The number of fused-ring (bicyclic) bond motifs is 6. The second kappa shape index (κ2) is 8.72. The highest BCUT2D eigenvalue weighted by Crippen LogP contribution is 2.40. The van der Waals surface area contributed by atoms with E-state index in [2.05, 4.69) is 165 Å². The maximum Gasteiger partial charge on any atom is 0.0547 e. The van der Waals surface area contributed by atoms with E-state index in [9.17, 15) is 0 Å². The summed E-state index contributed by atoms with van der Waals surface area (Å²) in [5.41, 5.74) is 9.67. The molecule has 184 valence electrons. The summed E-state index contributed by atoms with van der Waals surface area (Å²) in [6.45, 7) is 0. The molecule has 0 bridgehead atoms. The van der Waals surface area contributed by atoms with Crippen LogP contribution in [-0.4, -0.2) is 9.13 Å². The zero-order valence-corrected chi connectivity index (χ0v) is 22.6. The molecule has 0 aliphatic carbocycles. The van der Waals surface area contributed by atoms with E-state index in [-0.39, 0.29) is 0 Å². The Balaban J connectivity index is 1.42. The molecule has 0 N–H and O–H groups in total. The van der Waals surface area contributed by atoms with Crippen molar-refractivity contribution in [2.45, 2.75) is 0 Å². The number of hydrogen-bond donors (Lipinski definition) is 0. The van der Waals surface area contributed by atoms with Gasteiger partial charge in [0.1, 0.15) is 0 Å². The van der Waals surface area contributed by atoms with Gasteiger partial charge in [0.25, 0.3) is 0 Å².